The zero-order valence-electron chi connectivity index (χ0n) is 11.4. The highest BCUT2D eigenvalue weighted by atomic mass is 16.5. The van der Waals surface area contributed by atoms with Gasteiger partial charge in [-0.25, -0.2) is 0 Å². The lowest BCUT2D eigenvalue weighted by molar-refractivity contribution is 0.0773. The fourth-order valence-electron chi connectivity index (χ4n) is 2.49. The minimum atomic E-state index is 0.258. The molecule has 20 heavy (non-hydrogen) atoms. The van der Waals surface area contributed by atoms with Gasteiger partial charge in [-0.2, -0.15) is 4.98 Å². The summed E-state index contributed by atoms with van der Waals surface area (Å²) in [6.07, 6.45) is 2.97. The molecule has 1 aromatic heterocycles. The maximum Gasteiger partial charge on any atom is 0.257 e. The van der Waals surface area contributed by atoms with E-state index in [1.165, 1.54) is 5.56 Å². The summed E-state index contributed by atoms with van der Waals surface area (Å²) >= 11 is 0. The molecule has 2 heterocycles. The van der Waals surface area contributed by atoms with E-state index in [4.69, 9.17) is 15.0 Å². The Morgan fingerprint density at radius 1 is 1.35 bits per heavy atom. The van der Waals surface area contributed by atoms with Crippen molar-refractivity contribution in [2.75, 3.05) is 19.8 Å². The van der Waals surface area contributed by atoms with E-state index in [9.17, 15) is 0 Å². The van der Waals surface area contributed by atoms with Crippen molar-refractivity contribution in [1.29, 1.82) is 0 Å². The molecule has 2 N–H and O–H groups in total. The predicted molar refractivity (Wildman–Crippen MR) is 75.3 cm³/mol. The molecule has 0 aliphatic carbocycles. The van der Waals surface area contributed by atoms with Gasteiger partial charge in [-0.05, 0) is 43.5 Å². The van der Waals surface area contributed by atoms with Crippen LogP contribution in [0.4, 0.5) is 0 Å². The van der Waals surface area contributed by atoms with E-state index in [1.807, 2.05) is 12.1 Å². The van der Waals surface area contributed by atoms with Crippen LogP contribution in [0.5, 0.6) is 0 Å². The third-order valence-electron chi connectivity index (χ3n) is 3.57. The number of benzene rings is 1. The Bertz CT molecular complexity index is 562. The van der Waals surface area contributed by atoms with Gasteiger partial charge >= 0.3 is 0 Å². The first kappa shape index (κ1) is 13.3. The van der Waals surface area contributed by atoms with Gasteiger partial charge in [0.1, 0.15) is 0 Å². The molecule has 5 heteroatoms. The van der Waals surface area contributed by atoms with Crippen LogP contribution < -0.4 is 5.73 Å². The molecule has 1 aliphatic rings. The standard InChI is InChI=1S/C15H19N3O2/c16-7-6-11-3-1-4-12(9-11)15-17-14(18-20-15)13-5-2-8-19-10-13/h1,3-4,9,13H,2,5-8,10,16H2. The number of hydrogen-bond donors (Lipinski definition) is 1. The highest BCUT2D eigenvalue weighted by Crippen LogP contribution is 2.26. The second-order valence-corrected chi connectivity index (χ2v) is 5.11. The van der Waals surface area contributed by atoms with Crippen molar-refractivity contribution in [3.8, 4) is 11.5 Å². The molecular formula is C15H19N3O2. The summed E-state index contributed by atoms with van der Waals surface area (Å²) in [5, 5.41) is 4.10. The summed E-state index contributed by atoms with van der Waals surface area (Å²) in [5.74, 6) is 1.59. The Morgan fingerprint density at radius 3 is 3.10 bits per heavy atom. The Hall–Kier alpha value is -1.72. The summed E-state index contributed by atoms with van der Waals surface area (Å²) in [4.78, 5) is 4.52. The number of rotatable bonds is 4. The lowest BCUT2D eigenvalue weighted by Crippen LogP contribution is -2.16. The van der Waals surface area contributed by atoms with E-state index in [2.05, 4.69) is 22.3 Å². The maximum atomic E-state index is 5.59. The number of nitrogens with zero attached hydrogens (tertiary/aromatic N) is 2. The highest BCUT2D eigenvalue weighted by molar-refractivity contribution is 5.54. The van der Waals surface area contributed by atoms with Crippen molar-refractivity contribution in [2.45, 2.75) is 25.2 Å². The number of aromatic nitrogens is 2. The highest BCUT2D eigenvalue weighted by Gasteiger charge is 2.21. The first-order chi connectivity index (χ1) is 9.86. The van der Waals surface area contributed by atoms with Crippen molar-refractivity contribution in [3.05, 3.63) is 35.7 Å². The van der Waals surface area contributed by atoms with Crippen LogP contribution in [0.1, 0.15) is 30.1 Å². The van der Waals surface area contributed by atoms with E-state index in [-0.39, 0.29) is 5.92 Å². The van der Waals surface area contributed by atoms with Gasteiger partial charge in [-0.15, -0.1) is 0 Å². The molecule has 106 valence electrons. The summed E-state index contributed by atoms with van der Waals surface area (Å²) in [7, 11) is 0. The van der Waals surface area contributed by atoms with Crippen LogP contribution in [0.25, 0.3) is 11.5 Å². The Kier molecular flexibility index (Phi) is 4.08. The smallest absolute Gasteiger partial charge is 0.257 e. The molecule has 1 aromatic carbocycles. The van der Waals surface area contributed by atoms with Gasteiger partial charge in [0, 0.05) is 18.1 Å². The van der Waals surface area contributed by atoms with Gasteiger partial charge in [0.05, 0.1) is 6.61 Å². The van der Waals surface area contributed by atoms with E-state index in [1.54, 1.807) is 0 Å². The number of ether oxygens (including phenoxy) is 1. The van der Waals surface area contributed by atoms with Gasteiger partial charge in [-0.1, -0.05) is 17.3 Å². The SMILES string of the molecule is NCCc1cccc(-c2nc(C3CCCOC3)no2)c1. The van der Waals surface area contributed by atoms with Crippen molar-refractivity contribution in [2.24, 2.45) is 5.73 Å². The summed E-state index contributed by atoms with van der Waals surface area (Å²) < 4.78 is 10.9. The topological polar surface area (TPSA) is 74.2 Å². The van der Waals surface area contributed by atoms with Crippen LogP contribution in [0, 0.1) is 0 Å². The van der Waals surface area contributed by atoms with Gasteiger partial charge in [0.15, 0.2) is 5.82 Å². The lowest BCUT2D eigenvalue weighted by atomic mass is 10.0. The minimum absolute atomic E-state index is 0.258. The normalized spacial score (nSPS) is 19.1. The van der Waals surface area contributed by atoms with E-state index >= 15 is 0 Å². The summed E-state index contributed by atoms with van der Waals surface area (Å²) in [6.45, 7) is 2.16. The Balaban J connectivity index is 1.80. The van der Waals surface area contributed by atoms with Crippen LogP contribution in [0.15, 0.2) is 28.8 Å². The van der Waals surface area contributed by atoms with Crippen molar-refractivity contribution in [3.63, 3.8) is 0 Å². The fourth-order valence-corrected chi connectivity index (χ4v) is 2.49. The molecule has 0 amide bonds. The van der Waals surface area contributed by atoms with Crippen LogP contribution in [0.3, 0.4) is 0 Å². The molecule has 3 rings (SSSR count). The molecule has 0 spiro atoms. The second kappa shape index (κ2) is 6.15. The van der Waals surface area contributed by atoms with Gasteiger partial charge < -0.3 is 15.0 Å². The van der Waals surface area contributed by atoms with Crippen molar-refractivity contribution in [1.82, 2.24) is 10.1 Å². The molecule has 1 fully saturated rings. The number of hydrogen-bond acceptors (Lipinski definition) is 5. The molecular weight excluding hydrogens is 254 g/mol. The van der Waals surface area contributed by atoms with Crippen LogP contribution in [-0.4, -0.2) is 29.9 Å². The maximum absolute atomic E-state index is 5.59. The third-order valence-corrected chi connectivity index (χ3v) is 3.57. The van der Waals surface area contributed by atoms with E-state index in [0.29, 0.717) is 19.0 Å². The van der Waals surface area contributed by atoms with E-state index < -0.39 is 0 Å². The summed E-state index contributed by atoms with van der Waals surface area (Å²) in [5.41, 5.74) is 7.72. The molecule has 1 aliphatic heterocycles. The Morgan fingerprint density at radius 2 is 2.30 bits per heavy atom. The lowest BCUT2D eigenvalue weighted by Gasteiger charge is -2.18. The Labute approximate surface area is 118 Å². The van der Waals surface area contributed by atoms with Crippen LogP contribution in [0.2, 0.25) is 0 Å². The average molecular weight is 273 g/mol. The molecule has 1 unspecified atom stereocenters. The van der Waals surface area contributed by atoms with Gasteiger partial charge in [0.25, 0.3) is 5.89 Å². The molecule has 0 saturated carbocycles. The fraction of sp³-hybridized carbons (Fsp3) is 0.467. The predicted octanol–water partition coefficient (Wildman–Crippen LogP) is 2.13. The monoisotopic (exact) mass is 273 g/mol. The molecule has 0 bridgehead atoms. The quantitative estimate of drug-likeness (QED) is 0.923. The zero-order valence-corrected chi connectivity index (χ0v) is 11.4. The van der Waals surface area contributed by atoms with Crippen LogP contribution in [-0.2, 0) is 11.2 Å². The first-order valence-corrected chi connectivity index (χ1v) is 7.07. The minimum Gasteiger partial charge on any atom is -0.381 e. The molecule has 1 saturated heterocycles. The van der Waals surface area contributed by atoms with Gasteiger partial charge in [-0.3, -0.25) is 0 Å². The second-order valence-electron chi connectivity index (χ2n) is 5.11. The van der Waals surface area contributed by atoms with Crippen LogP contribution >= 0.6 is 0 Å². The largest absolute Gasteiger partial charge is 0.381 e. The van der Waals surface area contributed by atoms with Crippen molar-refractivity contribution >= 4 is 0 Å². The van der Waals surface area contributed by atoms with E-state index in [0.717, 1.165) is 37.3 Å². The van der Waals surface area contributed by atoms with Crippen molar-refractivity contribution < 1.29 is 9.26 Å². The zero-order chi connectivity index (χ0) is 13.8. The third kappa shape index (κ3) is 2.89. The molecule has 5 nitrogen and oxygen atoms in total. The molecule has 0 radical (unpaired) electrons. The van der Waals surface area contributed by atoms with Gasteiger partial charge in [0.2, 0.25) is 0 Å². The summed E-state index contributed by atoms with van der Waals surface area (Å²) in [6, 6.07) is 8.09. The molecule has 1 atom stereocenters. The molecule has 2 aromatic rings. The number of nitrogens with two attached hydrogens (primary N) is 1. The first-order valence-electron chi connectivity index (χ1n) is 7.07. The average Bonchev–Trinajstić information content (AvgIpc) is 2.99.